The normalized spacial score (nSPS) is 11.0. The standard InChI is InChI=1S/C21H20N4O3S3/c1-13-7-8-14(2)18(11-13)31(27,28)25-17-6-4-5-16(12-17)19(26)24-21-23-15(3)20(30-21)29-10-9-22/h4-8,11-12,25H,10H2,1-3H3,(H,23,24,26). The van der Waals surface area contributed by atoms with Gasteiger partial charge in [-0.25, -0.2) is 13.4 Å². The SMILES string of the molecule is Cc1ccc(C)c(S(=O)(=O)Nc2cccc(C(=O)Nc3nc(C)c(SCC#N)s3)c2)c1. The largest absolute Gasteiger partial charge is 0.298 e. The van der Waals surface area contributed by atoms with E-state index in [9.17, 15) is 13.2 Å². The van der Waals surface area contributed by atoms with Crippen molar-refractivity contribution in [2.24, 2.45) is 0 Å². The summed E-state index contributed by atoms with van der Waals surface area (Å²) in [6.45, 7) is 5.37. The number of anilines is 2. The van der Waals surface area contributed by atoms with Gasteiger partial charge in [-0.2, -0.15) is 5.26 Å². The molecule has 3 rings (SSSR count). The monoisotopic (exact) mass is 472 g/mol. The molecule has 3 aromatic rings. The highest BCUT2D eigenvalue weighted by Gasteiger charge is 2.18. The number of nitriles is 1. The van der Waals surface area contributed by atoms with Gasteiger partial charge in [0.25, 0.3) is 15.9 Å². The lowest BCUT2D eigenvalue weighted by Crippen LogP contribution is -2.16. The Labute approximate surface area is 189 Å². The number of thioether (sulfide) groups is 1. The highest BCUT2D eigenvalue weighted by molar-refractivity contribution is 8.01. The first-order chi connectivity index (χ1) is 14.7. The molecule has 1 heterocycles. The van der Waals surface area contributed by atoms with E-state index in [-0.39, 0.29) is 10.6 Å². The average Bonchev–Trinajstić information content (AvgIpc) is 3.06. The second kappa shape index (κ2) is 9.51. The number of hydrogen-bond acceptors (Lipinski definition) is 7. The molecule has 0 aliphatic heterocycles. The van der Waals surface area contributed by atoms with Crippen molar-refractivity contribution in [2.75, 3.05) is 15.8 Å². The number of rotatable bonds is 7. The Balaban J connectivity index is 1.78. The van der Waals surface area contributed by atoms with Gasteiger partial charge >= 0.3 is 0 Å². The van der Waals surface area contributed by atoms with Crippen LogP contribution in [-0.4, -0.2) is 25.1 Å². The van der Waals surface area contributed by atoms with Crippen LogP contribution in [-0.2, 0) is 10.0 Å². The molecular weight excluding hydrogens is 452 g/mol. The lowest BCUT2D eigenvalue weighted by molar-refractivity contribution is 0.102. The van der Waals surface area contributed by atoms with Crippen LogP contribution < -0.4 is 10.0 Å². The number of thiazole rings is 1. The molecule has 0 fully saturated rings. The first-order valence-electron chi connectivity index (χ1n) is 9.18. The van der Waals surface area contributed by atoms with E-state index in [0.29, 0.717) is 22.0 Å². The average molecular weight is 473 g/mol. The lowest BCUT2D eigenvalue weighted by Gasteiger charge is -2.12. The zero-order valence-corrected chi connectivity index (χ0v) is 19.5. The molecule has 0 saturated heterocycles. The van der Waals surface area contributed by atoms with Crippen molar-refractivity contribution in [3.05, 3.63) is 64.8 Å². The molecule has 0 aliphatic rings. The smallest absolute Gasteiger partial charge is 0.262 e. The number of carbonyl (C=O) groups is 1. The molecule has 0 atom stereocenters. The third kappa shape index (κ3) is 5.64. The summed E-state index contributed by atoms with van der Waals surface area (Å²) in [4.78, 5) is 17.2. The van der Waals surface area contributed by atoms with Crippen LogP contribution in [0, 0.1) is 32.1 Å². The maximum Gasteiger partial charge on any atom is 0.262 e. The van der Waals surface area contributed by atoms with Gasteiger partial charge in [-0.05, 0) is 56.2 Å². The van der Waals surface area contributed by atoms with Gasteiger partial charge in [-0.15, -0.1) is 0 Å². The predicted molar refractivity (Wildman–Crippen MR) is 124 cm³/mol. The highest BCUT2D eigenvalue weighted by Crippen LogP contribution is 2.32. The summed E-state index contributed by atoms with van der Waals surface area (Å²) in [5, 5.41) is 11.9. The Morgan fingerprint density at radius 3 is 2.71 bits per heavy atom. The summed E-state index contributed by atoms with van der Waals surface area (Å²) >= 11 is 2.66. The summed E-state index contributed by atoms with van der Waals surface area (Å²) < 4.78 is 29.1. The van der Waals surface area contributed by atoms with Gasteiger partial charge in [0.2, 0.25) is 0 Å². The van der Waals surface area contributed by atoms with Crippen LogP contribution in [0.4, 0.5) is 10.8 Å². The van der Waals surface area contributed by atoms with E-state index in [1.54, 1.807) is 37.3 Å². The molecule has 0 bridgehead atoms. The molecule has 0 saturated carbocycles. The van der Waals surface area contributed by atoms with Crippen LogP contribution in [0.25, 0.3) is 0 Å². The zero-order chi connectivity index (χ0) is 22.6. The van der Waals surface area contributed by atoms with Gasteiger partial charge < -0.3 is 0 Å². The van der Waals surface area contributed by atoms with Gasteiger partial charge in [0.05, 0.1) is 26.6 Å². The Morgan fingerprint density at radius 2 is 1.97 bits per heavy atom. The molecule has 1 amide bonds. The molecule has 2 aromatic carbocycles. The highest BCUT2D eigenvalue weighted by atomic mass is 32.2. The first kappa shape index (κ1) is 22.8. The number of amides is 1. The Morgan fingerprint density at radius 1 is 1.19 bits per heavy atom. The number of nitrogens with one attached hydrogen (secondary N) is 2. The molecule has 31 heavy (non-hydrogen) atoms. The van der Waals surface area contributed by atoms with Crippen molar-refractivity contribution in [3.8, 4) is 6.07 Å². The molecule has 0 radical (unpaired) electrons. The Kier molecular flexibility index (Phi) is 7.00. The Bertz CT molecular complexity index is 1280. The summed E-state index contributed by atoms with van der Waals surface area (Å²) in [7, 11) is -3.80. The van der Waals surface area contributed by atoms with E-state index < -0.39 is 15.9 Å². The fraction of sp³-hybridized carbons (Fsp3) is 0.190. The van der Waals surface area contributed by atoms with Crippen LogP contribution in [0.15, 0.2) is 51.6 Å². The number of nitrogens with zero attached hydrogens (tertiary/aromatic N) is 2. The minimum atomic E-state index is -3.80. The number of sulfonamides is 1. The van der Waals surface area contributed by atoms with Gasteiger partial charge in [-0.3, -0.25) is 14.8 Å². The maximum atomic E-state index is 12.8. The molecule has 0 unspecified atom stereocenters. The summed E-state index contributed by atoms with van der Waals surface area (Å²) in [5.41, 5.74) is 2.80. The molecule has 2 N–H and O–H groups in total. The minimum absolute atomic E-state index is 0.197. The third-order valence-corrected chi connectivity index (χ3v) is 8.08. The fourth-order valence-corrected chi connectivity index (χ4v) is 5.94. The third-order valence-electron chi connectivity index (χ3n) is 4.25. The van der Waals surface area contributed by atoms with E-state index in [2.05, 4.69) is 21.1 Å². The van der Waals surface area contributed by atoms with E-state index in [0.717, 1.165) is 15.5 Å². The van der Waals surface area contributed by atoms with Crippen LogP contribution >= 0.6 is 23.1 Å². The van der Waals surface area contributed by atoms with Crippen LogP contribution in [0.2, 0.25) is 0 Å². The molecule has 0 spiro atoms. The molecule has 160 valence electrons. The quantitative estimate of drug-likeness (QED) is 0.481. The van der Waals surface area contributed by atoms with E-state index in [4.69, 9.17) is 5.26 Å². The number of aryl methyl sites for hydroxylation is 3. The minimum Gasteiger partial charge on any atom is -0.298 e. The van der Waals surface area contributed by atoms with Gasteiger partial charge in [-0.1, -0.05) is 41.3 Å². The second-order valence-corrected chi connectivity index (χ2v) is 10.6. The maximum absolute atomic E-state index is 12.8. The van der Waals surface area contributed by atoms with Crippen LogP contribution in [0.3, 0.4) is 0 Å². The summed E-state index contributed by atoms with van der Waals surface area (Å²) in [6, 6.07) is 13.5. The van der Waals surface area contributed by atoms with Crippen molar-refractivity contribution in [1.82, 2.24) is 4.98 Å². The second-order valence-electron chi connectivity index (χ2n) is 6.75. The number of hydrogen-bond donors (Lipinski definition) is 2. The molecule has 7 nitrogen and oxygen atoms in total. The molecule has 0 aliphatic carbocycles. The van der Waals surface area contributed by atoms with Crippen molar-refractivity contribution in [1.29, 1.82) is 5.26 Å². The van der Waals surface area contributed by atoms with E-state index >= 15 is 0 Å². The van der Waals surface area contributed by atoms with Crippen molar-refractivity contribution < 1.29 is 13.2 Å². The Hall–Kier alpha value is -2.87. The number of carbonyl (C=O) groups excluding carboxylic acids is 1. The molecule has 10 heteroatoms. The van der Waals surface area contributed by atoms with E-state index in [1.165, 1.54) is 29.2 Å². The van der Waals surface area contributed by atoms with Gasteiger partial charge in [0.15, 0.2) is 5.13 Å². The van der Waals surface area contributed by atoms with Crippen molar-refractivity contribution >= 4 is 49.8 Å². The van der Waals surface area contributed by atoms with Crippen LogP contribution in [0.1, 0.15) is 27.2 Å². The topological polar surface area (TPSA) is 112 Å². The zero-order valence-electron chi connectivity index (χ0n) is 17.1. The fourth-order valence-electron chi connectivity index (χ4n) is 2.77. The van der Waals surface area contributed by atoms with Gasteiger partial charge in [0.1, 0.15) is 0 Å². The van der Waals surface area contributed by atoms with Crippen LogP contribution in [0.5, 0.6) is 0 Å². The molecule has 1 aromatic heterocycles. The van der Waals surface area contributed by atoms with Crippen molar-refractivity contribution in [3.63, 3.8) is 0 Å². The molecular formula is C21H20N4O3S3. The number of aromatic nitrogens is 1. The van der Waals surface area contributed by atoms with Gasteiger partial charge in [0, 0.05) is 11.3 Å². The number of benzene rings is 2. The van der Waals surface area contributed by atoms with E-state index in [1.807, 2.05) is 19.9 Å². The van der Waals surface area contributed by atoms with Crippen molar-refractivity contribution in [2.45, 2.75) is 29.9 Å². The lowest BCUT2D eigenvalue weighted by atomic mass is 10.2. The summed E-state index contributed by atoms with van der Waals surface area (Å²) in [5.74, 6) is -0.0997. The summed E-state index contributed by atoms with van der Waals surface area (Å²) in [6.07, 6.45) is 0. The predicted octanol–water partition coefficient (Wildman–Crippen LogP) is 4.74. The first-order valence-corrected chi connectivity index (χ1v) is 12.5.